The second kappa shape index (κ2) is 9.84. The molecule has 0 saturated heterocycles. The largest absolute Gasteiger partial charge is 0.359 e. The monoisotopic (exact) mass is 450 g/mol. The summed E-state index contributed by atoms with van der Waals surface area (Å²) in [6.07, 6.45) is 2.56. The molecule has 0 unspecified atom stereocenters. The Bertz CT molecular complexity index is 1110. The van der Waals surface area contributed by atoms with E-state index in [0.29, 0.717) is 35.1 Å². The number of aromatic nitrogens is 3. The molecule has 0 radical (unpaired) electrons. The summed E-state index contributed by atoms with van der Waals surface area (Å²) >= 11 is 5.97. The molecule has 0 aliphatic heterocycles. The van der Waals surface area contributed by atoms with Crippen LogP contribution in [0.25, 0.3) is 0 Å². The zero-order valence-electron chi connectivity index (χ0n) is 16.9. The van der Waals surface area contributed by atoms with Crippen molar-refractivity contribution in [2.45, 2.75) is 25.9 Å². The molecule has 1 aromatic carbocycles. The molecule has 0 fully saturated rings. The van der Waals surface area contributed by atoms with Gasteiger partial charge >= 0.3 is 11.6 Å². The van der Waals surface area contributed by atoms with Crippen LogP contribution >= 0.6 is 11.6 Å². The number of nitrogens with zero attached hydrogens (tertiary/aromatic N) is 3. The molecule has 2 heterocycles. The molecule has 2 aromatic heterocycles. The molecule has 0 amide bonds. The minimum atomic E-state index is -3.42. The number of alkyl halides is 2. The first kappa shape index (κ1) is 22.6. The average molecular weight is 451 g/mol. The Balaban J connectivity index is 1.63. The molecule has 0 aliphatic rings. The quantitative estimate of drug-likeness (QED) is 0.265. The number of rotatable bonds is 9. The van der Waals surface area contributed by atoms with E-state index in [0.717, 1.165) is 17.8 Å². The highest BCUT2D eigenvalue weighted by atomic mass is 35.5. The fourth-order valence-electron chi connectivity index (χ4n) is 3.05. The van der Waals surface area contributed by atoms with Crippen LogP contribution in [-0.4, -0.2) is 27.8 Å². The van der Waals surface area contributed by atoms with E-state index in [1.165, 1.54) is 22.9 Å². The van der Waals surface area contributed by atoms with Gasteiger partial charge in [0.05, 0.1) is 6.54 Å². The number of hydrogen-bond acceptors (Lipinski definition) is 5. The van der Waals surface area contributed by atoms with Crippen molar-refractivity contribution in [2.75, 3.05) is 18.4 Å². The summed E-state index contributed by atoms with van der Waals surface area (Å²) in [4.78, 5) is 16.7. The SMILES string of the molecule is Cc1cnc(NCC(F)(F)c2cccc[n+]2O)c(=O)n1CCNCc1cccc(Cl)c1. The molecule has 3 rings (SSSR count). The van der Waals surface area contributed by atoms with Gasteiger partial charge in [-0.2, -0.15) is 8.78 Å². The molecule has 31 heavy (non-hydrogen) atoms. The number of benzene rings is 1. The molecular weight excluding hydrogens is 428 g/mol. The van der Waals surface area contributed by atoms with Gasteiger partial charge in [0.15, 0.2) is 5.82 Å². The molecule has 0 bridgehead atoms. The lowest BCUT2D eigenvalue weighted by Crippen LogP contribution is -2.43. The Labute approximate surface area is 182 Å². The first-order valence-electron chi connectivity index (χ1n) is 9.61. The van der Waals surface area contributed by atoms with Gasteiger partial charge in [-0.3, -0.25) is 10.0 Å². The summed E-state index contributed by atoms with van der Waals surface area (Å²) in [5, 5.41) is 15.9. The molecule has 164 valence electrons. The van der Waals surface area contributed by atoms with Crippen molar-refractivity contribution in [3.63, 3.8) is 0 Å². The minimum Gasteiger partial charge on any atom is -0.359 e. The maximum atomic E-state index is 14.5. The van der Waals surface area contributed by atoms with Gasteiger partial charge in [0.2, 0.25) is 6.20 Å². The molecule has 0 spiro atoms. The molecule has 3 aromatic rings. The summed E-state index contributed by atoms with van der Waals surface area (Å²) in [7, 11) is 0. The smallest absolute Gasteiger partial charge is 0.351 e. The maximum Gasteiger partial charge on any atom is 0.351 e. The van der Waals surface area contributed by atoms with Gasteiger partial charge < -0.3 is 15.2 Å². The molecule has 0 atom stereocenters. The first-order valence-corrected chi connectivity index (χ1v) is 9.99. The number of pyridine rings is 1. The second-order valence-electron chi connectivity index (χ2n) is 7.00. The van der Waals surface area contributed by atoms with Crippen LogP contribution in [0.2, 0.25) is 5.02 Å². The van der Waals surface area contributed by atoms with Gasteiger partial charge in [-0.15, -0.1) is 0 Å². The third kappa shape index (κ3) is 5.77. The summed E-state index contributed by atoms with van der Waals surface area (Å²) in [5.74, 6) is -3.60. The lowest BCUT2D eigenvalue weighted by molar-refractivity contribution is -0.913. The van der Waals surface area contributed by atoms with Crippen molar-refractivity contribution >= 4 is 17.4 Å². The van der Waals surface area contributed by atoms with Gasteiger partial charge in [0.25, 0.3) is 5.56 Å². The van der Waals surface area contributed by atoms with Gasteiger partial charge in [-0.25, -0.2) is 4.98 Å². The van der Waals surface area contributed by atoms with E-state index >= 15 is 0 Å². The number of anilines is 1. The van der Waals surface area contributed by atoms with E-state index in [1.54, 1.807) is 13.0 Å². The Hall–Kier alpha value is -3.04. The van der Waals surface area contributed by atoms with Crippen LogP contribution in [0, 0.1) is 6.92 Å². The van der Waals surface area contributed by atoms with Crippen LogP contribution in [-0.2, 0) is 19.0 Å². The number of halogens is 3. The molecule has 7 nitrogen and oxygen atoms in total. The molecule has 10 heteroatoms. The van der Waals surface area contributed by atoms with E-state index in [-0.39, 0.29) is 5.82 Å². The zero-order chi connectivity index (χ0) is 22.4. The lowest BCUT2D eigenvalue weighted by atomic mass is 10.2. The van der Waals surface area contributed by atoms with Crippen molar-refractivity contribution in [1.82, 2.24) is 14.9 Å². The van der Waals surface area contributed by atoms with E-state index < -0.39 is 23.7 Å². The Kier molecular flexibility index (Phi) is 7.19. The Morgan fingerprint density at radius 2 is 2.06 bits per heavy atom. The summed E-state index contributed by atoms with van der Waals surface area (Å²) < 4.78 is 30.7. The van der Waals surface area contributed by atoms with Crippen LogP contribution in [0.1, 0.15) is 17.0 Å². The van der Waals surface area contributed by atoms with Crippen molar-refractivity contribution in [1.29, 1.82) is 0 Å². The van der Waals surface area contributed by atoms with Gasteiger partial charge in [0, 0.05) is 53.4 Å². The molecular formula is C21H23ClF2N5O2+. The standard InChI is InChI=1S/C21H23ClF2N5O2/c1-15-12-26-19(27-14-21(23,24)18-7-2-3-9-29(18)31)20(30)28(15)10-8-25-13-16-5-4-6-17(22)11-16/h2-7,9,11-12,25,31H,8,10,13-14H2,1H3,(H,26,27)/q+1. The van der Waals surface area contributed by atoms with Gasteiger partial charge in [-0.1, -0.05) is 23.7 Å². The van der Waals surface area contributed by atoms with Crippen molar-refractivity contribution in [3.05, 3.63) is 87.2 Å². The van der Waals surface area contributed by atoms with Crippen LogP contribution in [0.15, 0.2) is 59.7 Å². The van der Waals surface area contributed by atoms with E-state index in [9.17, 15) is 18.8 Å². The predicted octanol–water partition coefficient (Wildman–Crippen LogP) is 2.72. The molecule has 0 saturated carbocycles. The number of aryl methyl sites for hydroxylation is 1. The third-order valence-electron chi connectivity index (χ3n) is 4.68. The zero-order valence-corrected chi connectivity index (χ0v) is 17.6. The Morgan fingerprint density at radius 1 is 1.26 bits per heavy atom. The fraction of sp³-hybridized carbons (Fsp3) is 0.286. The number of nitrogens with one attached hydrogen (secondary N) is 2. The highest BCUT2D eigenvalue weighted by molar-refractivity contribution is 6.30. The average Bonchev–Trinajstić information content (AvgIpc) is 2.73. The fourth-order valence-corrected chi connectivity index (χ4v) is 3.26. The summed E-state index contributed by atoms with van der Waals surface area (Å²) in [6, 6.07) is 11.4. The molecule has 0 aliphatic carbocycles. The van der Waals surface area contributed by atoms with Crippen molar-refractivity contribution < 1.29 is 18.7 Å². The second-order valence-corrected chi connectivity index (χ2v) is 7.44. The predicted molar refractivity (Wildman–Crippen MR) is 113 cm³/mol. The molecule has 3 N–H and O–H groups in total. The maximum absolute atomic E-state index is 14.5. The number of hydrogen-bond donors (Lipinski definition) is 3. The highest BCUT2D eigenvalue weighted by Crippen LogP contribution is 2.24. The first-order chi connectivity index (χ1) is 14.8. The van der Waals surface area contributed by atoms with E-state index in [1.807, 2.05) is 18.2 Å². The van der Waals surface area contributed by atoms with Gasteiger partial charge in [-0.05, 0) is 30.7 Å². The van der Waals surface area contributed by atoms with E-state index in [4.69, 9.17) is 11.6 Å². The van der Waals surface area contributed by atoms with Crippen molar-refractivity contribution in [3.8, 4) is 0 Å². The van der Waals surface area contributed by atoms with Crippen LogP contribution in [0.4, 0.5) is 14.6 Å². The van der Waals surface area contributed by atoms with Gasteiger partial charge in [0.1, 0.15) is 0 Å². The Morgan fingerprint density at radius 3 is 2.81 bits per heavy atom. The lowest BCUT2D eigenvalue weighted by Gasteiger charge is -2.16. The topological polar surface area (TPSA) is 83.1 Å². The van der Waals surface area contributed by atoms with Crippen molar-refractivity contribution in [2.24, 2.45) is 0 Å². The van der Waals surface area contributed by atoms with E-state index in [2.05, 4.69) is 15.6 Å². The van der Waals surface area contributed by atoms with Crippen LogP contribution < -0.4 is 20.9 Å². The summed E-state index contributed by atoms with van der Waals surface area (Å²) in [5.41, 5.74) is 0.534. The highest BCUT2D eigenvalue weighted by Gasteiger charge is 2.41. The third-order valence-corrected chi connectivity index (χ3v) is 4.91. The van der Waals surface area contributed by atoms with Crippen LogP contribution in [0.3, 0.4) is 0 Å². The normalized spacial score (nSPS) is 11.5. The minimum absolute atomic E-state index is 0.180. The summed E-state index contributed by atoms with van der Waals surface area (Å²) in [6.45, 7) is 2.24. The van der Waals surface area contributed by atoms with Crippen LogP contribution in [0.5, 0.6) is 0 Å².